The molecule has 1 amide bonds. The van der Waals surface area contributed by atoms with Gasteiger partial charge in [0.15, 0.2) is 5.16 Å². The lowest BCUT2D eigenvalue weighted by Crippen LogP contribution is -2.43. The van der Waals surface area contributed by atoms with Gasteiger partial charge in [0.05, 0.1) is 6.07 Å². The molecule has 0 saturated heterocycles. The Morgan fingerprint density at radius 2 is 2.29 bits per heavy atom. The highest BCUT2D eigenvalue weighted by molar-refractivity contribution is 7.80. The van der Waals surface area contributed by atoms with Gasteiger partial charge in [0, 0.05) is 30.5 Å². The van der Waals surface area contributed by atoms with Gasteiger partial charge in [-0.3, -0.25) is 5.32 Å². The number of rotatable bonds is 4. The molecule has 7 nitrogen and oxygen atoms in total. The standard InChI is InChI=1S/C16H17N5O2S/c1-21-13(19-20-14(21)24)8-16(6-10(7-16)9-17)11-3-2-4-12(5-11)18-15(22)23/h2-5,10,18H,6-8H2,1H3,(H,20,24)(H,22,23)/t10-,16-. The van der Waals surface area contributed by atoms with E-state index in [1.807, 2.05) is 29.8 Å². The molecule has 1 saturated carbocycles. The van der Waals surface area contributed by atoms with E-state index in [0.29, 0.717) is 17.3 Å². The summed E-state index contributed by atoms with van der Waals surface area (Å²) in [5, 5.41) is 29.1. The monoisotopic (exact) mass is 343 g/mol. The highest BCUT2D eigenvalue weighted by atomic mass is 32.1. The molecule has 0 spiro atoms. The second-order valence-electron chi connectivity index (χ2n) is 6.18. The lowest BCUT2D eigenvalue weighted by atomic mass is 9.57. The number of amides is 1. The molecule has 8 heteroatoms. The van der Waals surface area contributed by atoms with Gasteiger partial charge in [-0.1, -0.05) is 12.1 Å². The number of nitrogens with one attached hydrogen (secondary N) is 1. The molecule has 2 aromatic rings. The molecule has 0 bridgehead atoms. The van der Waals surface area contributed by atoms with Gasteiger partial charge < -0.3 is 9.67 Å². The number of thiol groups is 1. The molecule has 1 aromatic carbocycles. The number of hydrogen-bond donors (Lipinski definition) is 3. The van der Waals surface area contributed by atoms with E-state index in [-0.39, 0.29) is 11.3 Å². The van der Waals surface area contributed by atoms with Crippen LogP contribution in [0.4, 0.5) is 10.5 Å². The van der Waals surface area contributed by atoms with Crippen molar-refractivity contribution in [3.63, 3.8) is 0 Å². The van der Waals surface area contributed by atoms with Crippen LogP contribution >= 0.6 is 12.6 Å². The van der Waals surface area contributed by atoms with Crippen molar-refractivity contribution in [2.75, 3.05) is 5.32 Å². The normalized spacial score (nSPS) is 22.5. The maximum Gasteiger partial charge on any atom is 0.409 e. The lowest BCUT2D eigenvalue weighted by molar-refractivity contribution is 0.179. The first kappa shape index (κ1) is 16.3. The van der Waals surface area contributed by atoms with E-state index in [1.54, 1.807) is 6.07 Å². The highest BCUT2D eigenvalue weighted by Crippen LogP contribution is 2.50. The van der Waals surface area contributed by atoms with Crippen molar-refractivity contribution in [2.24, 2.45) is 13.0 Å². The van der Waals surface area contributed by atoms with Gasteiger partial charge in [-0.05, 0) is 30.5 Å². The Balaban J connectivity index is 1.94. The van der Waals surface area contributed by atoms with Gasteiger partial charge in [-0.2, -0.15) is 5.26 Å². The SMILES string of the molecule is Cn1c(S)nnc1C[C@]1(c2cccc(NC(=O)O)c2)C[C@H](C#N)C1. The predicted octanol–water partition coefficient (Wildman–Crippen LogP) is 2.61. The maximum atomic E-state index is 10.9. The zero-order valence-corrected chi connectivity index (χ0v) is 14.0. The molecule has 1 fully saturated rings. The molecule has 2 N–H and O–H groups in total. The van der Waals surface area contributed by atoms with Crippen molar-refractivity contribution in [1.82, 2.24) is 14.8 Å². The molecule has 0 radical (unpaired) electrons. The van der Waals surface area contributed by atoms with Crippen LogP contribution < -0.4 is 5.32 Å². The fourth-order valence-electron chi connectivity index (χ4n) is 3.32. The molecule has 1 aromatic heterocycles. The van der Waals surface area contributed by atoms with E-state index in [0.717, 1.165) is 24.2 Å². The van der Waals surface area contributed by atoms with Crippen LogP contribution in [0, 0.1) is 17.2 Å². The number of carboxylic acid groups (broad SMARTS) is 1. The van der Waals surface area contributed by atoms with Crippen LogP contribution in [0.5, 0.6) is 0 Å². The predicted molar refractivity (Wildman–Crippen MR) is 90.1 cm³/mol. The number of hydrogen-bond acceptors (Lipinski definition) is 5. The molecule has 1 aliphatic rings. The van der Waals surface area contributed by atoms with Crippen LogP contribution in [-0.4, -0.2) is 26.0 Å². The first-order valence-corrected chi connectivity index (χ1v) is 7.95. The third-order valence-electron chi connectivity index (χ3n) is 4.62. The van der Waals surface area contributed by atoms with Crippen LogP contribution in [-0.2, 0) is 18.9 Å². The van der Waals surface area contributed by atoms with Gasteiger partial charge in [0.25, 0.3) is 0 Å². The average Bonchev–Trinajstić information content (AvgIpc) is 2.81. The zero-order chi connectivity index (χ0) is 17.3. The number of aromatic nitrogens is 3. The van der Waals surface area contributed by atoms with Crippen LogP contribution in [0.25, 0.3) is 0 Å². The lowest BCUT2D eigenvalue weighted by Gasteiger charge is -2.45. The van der Waals surface area contributed by atoms with Crippen molar-refractivity contribution in [3.8, 4) is 6.07 Å². The Morgan fingerprint density at radius 3 is 2.88 bits per heavy atom. The summed E-state index contributed by atoms with van der Waals surface area (Å²) in [6.07, 6.45) is 0.965. The molecule has 0 aliphatic heterocycles. The molecule has 0 atom stereocenters. The van der Waals surface area contributed by atoms with Crippen molar-refractivity contribution in [1.29, 1.82) is 5.26 Å². The Morgan fingerprint density at radius 1 is 1.54 bits per heavy atom. The first-order valence-electron chi connectivity index (χ1n) is 7.51. The third kappa shape index (κ3) is 2.95. The summed E-state index contributed by atoms with van der Waals surface area (Å²) < 4.78 is 1.82. The third-order valence-corrected chi connectivity index (χ3v) is 5.01. The molecule has 1 heterocycles. The van der Waals surface area contributed by atoms with E-state index in [4.69, 9.17) is 5.11 Å². The quantitative estimate of drug-likeness (QED) is 0.740. The minimum absolute atomic E-state index is 0.00443. The summed E-state index contributed by atoms with van der Waals surface area (Å²) in [5.41, 5.74) is 1.29. The van der Waals surface area contributed by atoms with E-state index in [2.05, 4.69) is 34.2 Å². The zero-order valence-electron chi connectivity index (χ0n) is 13.1. The average molecular weight is 343 g/mol. The summed E-state index contributed by atoms with van der Waals surface area (Å²) in [7, 11) is 1.86. The molecule has 1 aliphatic carbocycles. The summed E-state index contributed by atoms with van der Waals surface area (Å²) >= 11 is 4.25. The van der Waals surface area contributed by atoms with E-state index >= 15 is 0 Å². The van der Waals surface area contributed by atoms with Gasteiger partial charge in [0.1, 0.15) is 5.82 Å². The molecule has 3 rings (SSSR count). The smallest absolute Gasteiger partial charge is 0.409 e. The van der Waals surface area contributed by atoms with E-state index in [9.17, 15) is 10.1 Å². The second-order valence-corrected chi connectivity index (χ2v) is 6.58. The second kappa shape index (κ2) is 6.17. The van der Waals surface area contributed by atoms with Gasteiger partial charge in [-0.15, -0.1) is 22.8 Å². The number of carbonyl (C=O) groups is 1. The number of anilines is 1. The molecular weight excluding hydrogens is 326 g/mol. The molecule has 24 heavy (non-hydrogen) atoms. The van der Waals surface area contributed by atoms with Gasteiger partial charge in [0.2, 0.25) is 0 Å². The summed E-state index contributed by atoms with van der Waals surface area (Å²) in [6.45, 7) is 0. The first-order chi connectivity index (χ1) is 11.4. The molecule has 124 valence electrons. The number of nitriles is 1. The molecule has 0 unspecified atom stereocenters. The van der Waals surface area contributed by atoms with Crippen molar-refractivity contribution >= 4 is 24.4 Å². The van der Waals surface area contributed by atoms with E-state index < -0.39 is 6.09 Å². The topological polar surface area (TPSA) is 104 Å². The van der Waals surface area contributed by atoms with Crippen molar-refractivity contribution in [3.05, 3.63) is 35.7 Å². The van der Waals surface area contributed by atoms with Crippen molar-refractivity contribution in [2.45, 2.75) is 29.8 Å². The van der Waals surface area contributed by atoms with Gasteiger partial charge in [-0.25, -0.2) is 4.79 Å². The fourth-order valence-corrected chi connectivity index (χ4v) is 3.48. The van der Waals surface area contributed by atoms with Crippen LogP contribution in [0.2, 0.25) is 0 Å². The van der Waals surface area contributed by atoms with Crippen LogP contribution in [0.3, 0.4) is 0 Å². The highest BCUT2D eigenvalue weighted by Gasteiger charge is 2.46. The summed E-state index contributed by atoms with van der Waals surface area (Å²) in [6, 6.07) is 9.64. The minimum Gasteiger partial charge on any atom is -0.465 e. The van der Waals surface area contributed by atoms with Crippen LogP contribution in [0.15, 0.2) is 29.4 Å². The van der Waals surface area contributed by atoms with Gasteiger partial charge >= 0.3 is 6.09 Å². The summed E-state index contributed by atoms with van der Waals surface area (Å²) in [4.78, 5) is 10.9. The number of nitrogens with zero attached hydrogens (tertiary/aromatic N) is 4. The number of benzene rings is 1. The largest absolute Gasteiger partial charge is 0.465 e. The Bertz CT molecular complexity index is 820. The summed E-state index contributed by atoms with van der Waals surface area (Å²) in [5.74, 6) is 0.803. The van der Waals surface area contributed by atoms with E-state index in [1.165, 1.54) is 0 Å². The fraction of sp³-hybridized carbons (Fsp3) is 0.375. The minimum atomic E-state index is -1.10. The Labute approximate surface area is 144 Å². The van der Waals surface area contributed by atoms with Crippen molar-refractivity contribution < 1.29 is 9.90 Å². The Kier molecular flexibility index (Phi) is 4.20. The van der Waals surface area contributed by atoms with Crippen LogP contribution in [0.1, 0.15) is 24.2 Å². The maximum absolute atomic E-state index is 10.9. The molecular formula is C16H17N5O2S. The Hall–Kier alpha value is -2.53.